The highest BCUT2D eigenvalue weighted by Crippen LogP contribution is 2.28. The summed E-state index contributed by atoms with van der Waals surface area (Å²) < 4.78 is 5.42. The Kier molecular flexibility index (Phi) is 4.42. The van der Waals surface area contributed by atoms with E-state index >= 15 is 0 Å². The lowest BCUT2D eigenvalue weighted by molar-refractivity contribution is 0.0411. The van der Waals surface area contributed by atoms with Gasteiger partial charge in [-0.25, -0.2) is 9.78 Å². The second kappa shape index (κ2) is 7.03. The third-order valence-corrected chi connectivity index (χ3v) is 4.31. The summed E-state index contributed by atoms with van der Waals surface area (Å²) in [6.07, 6.45) is 1.85. The van der Waals surface area contributed by atoms with Crippen LogP contribution in [0.25, 0.3) is 21.9 Å². The lowest BCUT2D eigenvalue weighted by Crippen LogP contribution is -2.21. The van der Waals surface area contributed by atoms with Gasteiger partial charge in [-0.3, -0.25) is 0 Å². The van der Waals surface area contributed by atoms with Gasteiger partial charge in [-0.05, 0) is 48.0 Å². The molecule has 2 aromatic heterocycles. The Morgan fingerprint density at radius 1 is 1.11 bits per heavy atom. The minimum absolute atomic E-state index is 0.390. The first-order valence-electron chi connectivity index (χ1n) is 8.71. The normalized spacial score (nSPS) is 11.0. The molecule has 136 valence electrons. The van der Waals surface area contributed by atoms with Gasteiger partial charge in [-0.1, -0.05) is 30.3 Å². The fourth-order valence-electron chi connectivity index (χ4n) is 3.01. The first kappa shape index (κ1) is 17.0. The zero-order valence-electron chi connectivity index (χ0n) is 15.0. The highest BCUT2D eigenvalue weighted by molar-refractivity contribution is 6.05. The molecule has 27 heavy (non-hydrogen) atoms. The molecule has 0 aliphatic carbocycles. The quantitative estimate of drug-likeness (QED) is 0.507. The van der Waals surface area contributed by atoms with Crippen LogP contribution in [-0.2, 0) is 6.42 Å². The highest BCUT2D eigenvalue weighted by atomic mass is 16.7. The van der Waals surface area contributed by atoms with E-state index in [9.17, 15) is 4.79 Å². The number of aryl methyl sites for hydroxylation is 1. The number of carbonyl (C=O) groups excluding carboxylic acids is 1. The van der Waals surface area contributed by atoms with Gasteiger partial charge < -0.3 is 9.57 Å². The van der Waals surface area contributed by atoms with Crippen LogP contribution in [0.15, 0.2) is 48.5 Å². The van der Waals surface area contributed by atoms with Crippen molar-refractivity contribution in [2.24, 2.45) is 0 Å². The van der Waals surface area contributed by atoms with Crippen LogP contribution in [-0.4, -0.2) is 33.2 Å². The predicted molar refractivity (Wildman–Crippen MR) is 101 cm³/mol. The maximum absolute atomic E-state index is 12.8. The van der Waals surface area contributed by atoms with Crippen LogP contribution >= 0.6 is 0 Å². The number of hydrogen-bond donors (Lipinski definition) is 0. The van der Waals surface area contributed by atoms with Crippen LogP contribution in [0.3, 0.4) is 0 Å². The Hall–Kier alpha value is -3.48. The molecule has 0 aliphatic heterocycles. The zero-order chi connectivity index (χ0) is 18.8. The van der Waals surface area contributed by atoms with Crippen molar-refractivity contribution in [2.75, 3.05) is 7.11 Å². The van der Waals surface area contributed by atoms with Crippen LogP contribution in [0.5, 0.6) is 5.75 Å². The smallest absolute Gasteiger partial charge is 0.366 e. The molecule has 0 radical (unpaired) electrons. The SMILES string of the molecule is CCCc1ccc2c(C(=O)On3nnc4ccccc43)ccc(OC)c2n1. The van der Waals surface area contributed by atoms with Crippen LogP contribution in [0, 0.1) is 0 Å². The molecule has 0 N–H and O–H groups in total. The molecule has 0 fully saturated rings. The lowest BCUT2D eigenvalue weighted by Gasteiger charge is -2.10. The predicted octanol–water partition coefficient (Wildman–Crippen LogP) is 3.21. The first-order chi connectivity index (χ1) is 13.2. The molecule has 0 unspecified atom stereocenters. The maximum atomic E-state index is 12.8. The summed E-state index contributed by atoms with van der Waals surface area (Å²) in [6, 6.07) is 14.5. The van der Waals surface area contributed by atoms with Gasteiger partial charge in [0.25, 0.3) is 0 Å². The molecule has 4 aromatic rings. The van der Waals surface area contributed by atoms with Crippen molar-refractivity contribution in [3.8, 4) is 5.75 Å². The Labute approximate surface area is 155 Å². The Balaban J connectivity index is 1.75. The number of para-hydroxylation sites is 1. The standard InChI is InChI=1S/C20H18N4O3/c1-3-6-13-9-10-14-15(11-12-18(26-2)19(14)21-13)20(25)27-24-17-8-5-4-7-16(17)22-23-24/h4-5,7-12H,3,6H2,1-2H3. The lowest BCUT2D eigenvalue weighted by atomic mass is 10.1. The van der Waals surface area contributed by atoms with Gasteiger partial charge in [0.1, 0.15) is 22.3 Å². The summed E-state index contributed by atoms with van der Waals surface area (Å²) in [6.45, 7) is 2.10. The fraction of sp³-hybridized carbons (Fsp3) is 0.200. The van der Waals surface area contributed by atoms with E-state index in [4.69, 9.17) is 9.57 Å². The van der Waals surface area contributed by atoms with Gasteiger partial charge in [0.05, 0.1) is 12.7 Å². The van der Waals surface area contributed by atoms with E-state index in [1.54, 1.807) is 31.4 Å². The number of rotatable bonds is 5. The minimum atomic E-state index is -0.539. The molecule has 0 saturated carbocycles. The number of carbonyl (C=O) groups is 1. The summed E-state index contributed by atoms with van der Waals surface area (Å²) in [4.78, 5) is 24.0. The van der Waals surface area contributed by atoms with E-state index in [0.29, 0.717) is 33.2 Å². The third kappa shape index (κ3) is 3.08. The summed E-state index contributed by atoms with van der Waals surface area (Å²) in [5.41, 5.74) is 3.25. The Morgan fingerprint density at radius 2 is 1.96 bits per heavy atom. The second-order valence-corrected chi connectivity index (χ2v) is 6.09. The minimum Gasteiger partial charge on any atom is -0.494 e. The molecule has 0 bridgehead atoms. The van der Waals surface area contributed by atoms with Gasteiger partial charge in [-0.2, -0.15) is 0 Å². The molecule has 0 aliphatic rings. The van der Waals surface area contributed by atoms with Gasteiger partial charge in [0.2, 0.25) is 0 Å². The van der Waals surface area contributed by atoms with Crippen LogP contribution < -0.4 is 9.57 Å². The van der Waals surface area contributed by atoms with Gasteiger partial charge >= 0.3 is 5.97 Å². The van der Waals surface area contributed by atoms with E-state index in [1.165, 1.54) is 0 Å². The van der Waals surface area contributed by atoms with Crippen molar-refractivity contribution in [1.29, 1.82) is 0 Å². The van der Waals surface area contributed by atoms with Crippen molar-refractivity contribution in [3.05, 3.63) is 59.8 Å². The second-order valence-electron chi connectivity index (χ2n) is 6.09. The molecule has 2 heterocycles. The maximum Gasteiger partial charge on any atom is 0.366 e. The zero-order valence-corrected chi connectivity index (χ0v) is 15.0. The van der Waals surface area contributed by atoms with Crippen LogP contribution in [0.4, 0.5) is 0 Å². The van der Waals surface area contributed by atoms with Gasteiger partial charge in [0.15, 0.2) is 0 Å². The van der Waals surface area contributed by atoms with E-state index in [2.05, 4.69) is 22.2 Å². The van der Waals surface area contributed by atoms with Gasteiger partial charge in [-0.15, -0.1) is 5.10 Å². The van der Waals surface area contributed by atoms with Crippen LogP contribution in [0.1, 0.15) is 29.4 Å². The monoisotopic (exact) mass is 362 g/mol. The Bertz CT molecular complexity index is 1140. The van der Waals surface area contributed by atoms with Crippen molar-refractivity contribution >= 4 is 27.9 Å². The first-order valence-corrected chi connectivity index (χ1v) is 8.71. The average molecular weight is 362 g/mol. The topological polar surface area (TPSA) is 79.1 Å². The molecular formula is C20H18N4O3. The molecule has 7 heteroatoms. The number of hydrogen-bond acceptors (Lipinski definition) is 6. The van der Waals surface area contributed by atoms with Crippen molar-refractivity contribution in [3.63, 3.8) is 0 Å². The third-order valence-electron chi connectivity index (χ3n) is 4.31. The Morgan fingerprint density at radius 3 is 2.78 bits per heavy atom. The summed E-state index contributed by atoms with van der Waals surface area (Å²) in [7, 11) is 1.59. The summed E-state index contributed by atoms with van der Waals surface area (Å²) in [5, 5.41) is 8.56. The van der Waals surface area contributed by atoms with E-state index in [-0.39, 0.29) is 0 Å². The summed E-state index contributed by atoms with van der Waals surface area (Å²) in [5.74, 6) is 0.0778. The van der Waals surface area contributed by atoms with Crippen molar-refractivity contribution < 1.29 is 14.4 Å². The molecule has 2 aromatic carbocycles. The number of benzene rings is 2. The largest absolute Gasteiger partial charge is 0.494 e. The molecule has 0 spiro atoms. The van der Waals surface area contributed by atoms with Crippen molar-refractivity contribution in [1.82, 2.24) is 20.1 Å². The molecular weight excluding hydrogens is 344 g/mol. The molecule has 0 saturated heterocycles. The number of methoxy groups -OCH3 is 1. The van der Waals surface area contributed by atoms with Crippen LogP contribution in [0.2, 0.25) is 0 Å². The average Bonchev–Trinajstić information content (AvgIpc) is 3.10. The van der Waals surface area contributed by atoms with Gasteiger partial charge in [0, 0.05) is 11.1 Å². The highest BCUT2D eigenvalue weighted by Gasteiger charge is 2.18. The van der Waals surface area contributed by atoms with E-state index < -0.39 is 5.97 Å². The molecule has 4 rings (SSSR count). The van der Waals surface area contributed by atoms with E-state index in [1.807, 2.05) is 24.3 Å². The number of aromatic nitrogens is 4. The molecule has 0 atom stereocenters. The molecule has 7 nitrogen and oxygen atoms in total. The molecule has 0 amide bonds. The summed E-state index contributed by atoms with van der Waals surface area (Å²) >= 11 is 0. The fourth-order valence-corrected chi connectivity index (χ4v) is 3.01. The number of pyridine rings is 1. The number of fused-ring (bicyclic) bond motifs is 2. The van der Waals surface area contributed by atoms with E-state index in [0.717, 1.165) is 23.4 Å². The van der Waals surface area contributed by atoms with Crippen molar-refractivity contribution in [2.45, 2.75) is 19.8 Å². The number of nitrogens with zero attached hydrogens (tertiary/aromatic N) is 4. The number of ether oxygens (including phenoxy) is 1.